The van der Waals surface area contributed by atoms with Crippen molar-refractivity contribution in [3.63, 3.8) is 0 Å². The van der Waals surface area contributed by atoms with Crippen molar-refractivity contribution in [2.24, 2.45) is 0 Å². The van der Waals surface area contributed by atoms with Crippen molar-refractivity contribution >= 4 is 31.9 Å². The number of hydrogen-bond acceptors (Lipinski definition) is 1. The quantitative estimate of drug-likeness (QED) is 0.785. The fraction of sp³-hybridized carbons (Fsp3) is 0.200. The van der Waals surface area contributed by atoms with Crippen LogP contribution < -0.4 is 5.32 Å². The predicted octanol–water partition coefficient (Wildman–Crippen LogP) is 4.97. The summed E-state index contributed by atoms with van der Waals surface area (Å²) in [7, 11) is 1.88. The first-order valence-corrected chi connectivity index (χ1v) is 7.50. The summed E-state index contributed by atoms with van der Waals surface area (Å²) in [6.07, 6.45) is 0. The van der Waals surface area contributed by atoms with E-state index in [2.05, 4.69) is 37.2 Å². The lowest BCUT2D eigenvalue weighted by Crippen LogP contribution is -2.19. The van der Waals surface area contributed by atoms with Gasteiger partial charge < -0.3 is 5.32 Å². The minimum absolute atomic E-state index is 0.0532. The van der Waals surface area contributed by atoms with E-state index in [1.807, 2.05) is 32.2 Å². The van der Waals surface area contributed by atoms with E-state index < -0.39 is 0 Å². The Kier molecular flexibility index (Phi) is 4.76. The van der Waals surface area contributed by atoms with E-state index in [0.29, 0.717) is 0 Å². The maximum atomic E-state index is 13.5. The number of aryl methyl sites for hydroxylation is 1. The Morgan fingerprint density at radius 2 is 1.79 bits per heavy atom. The van der Waals surface area contributed by atoms with Crippen LogP contribution in [-0.4, -0.2) is 7.05 Å². The fourth-order valence-electron chi connectivity index (χ4n) is 2.14. The van der Waals surface area contributed by atoms with Crippen molar-refractivity contribution in [3.8, 4) is 0 Å². The Morgan fingerprint density at radius 3 is 2.47 bits per heavy atom. The molecule has 4 heteroatoms. The summed E-state index contributed by atoms with van der Waals surface area (Å²) < 4.78 is 15.5. The van der Waals surface area contributed by atoms with Crippen molar-refractivity contribution in [1.29, 1.82) is 0 Å². The molecule has 0 saturated carbocycles. The second-order valence-electron chi connectivity index (χ2n) is 4.39. The highest BCUT2D eigenvalue weighted by Gasteiger charge is 2.17. The molecule has 1 atom stereocenters. The average molecular weight is 387 g/mol. The number of halogens is 3. The van der Waals surface area contributed by atoms with Gasteiger partial charge in [0.2, 0.25) is 0 Å². The second kappa shape index (κ2) is 6.16. The SMILES string of the molecule is CNC(c1cc(F)ccc1C)c1cc(Br)ccc1Br. The lowest BCUT2D eigenvalue weighted by atomic mass is 9.95. The third-order valence-electron chi connectivity index (χ3n) is 3.11. The molecule has 0 radical (unpaired) electrons. The molecular formula is C15H14Br2FN. The topological polar surface area (TPSA) is 12.0 Å². The second-order valence-corrected chi connectivity index (χ2v) is 6.16. The van der Waals surface area contributed by atoms with E-state index >= 15 is 0 Å². The zero-order chi connectivity index (χ0) is 14.0. The van der Waals surface area contributed by atoms with Crippen LogP contribution in [0.5, 0.6) is 0 Å². The monoisotopic (exact) mass is 385 g/mol. The van der Waals surface area contributed by atoms with E-state index in [1.165, 1.54) is 6.07 Å². The van der Waals surface area contributed by atoms with Gasteiger partial charge in [0.1, 0.15) is 5.82 Å². The molecule has 0 heterocycles. The van der Waals surface area contributed by atoms with Crippen molar-refractivity contribution in [3.05, 3.63) is 67.9 Å². The first-order chi connectivity index (χ1) is 9.02. The van der Waals surface area contributed by atoms with Crippen LogP contribution >= 0.6 is 31.9 Å². The molecule has 100 valence electrons. The highest BCUT2D eigenvalue weighted by Crippen LogP contribution is 2.32. The highest BCUT2D eigenvalue weighted by atomic mass is 79.9. The van der Waals surface area contributed by atoms with Gasteiger partial charge in [0, 0.05) is 8.95 Å². The van der Waals surface area contributed by atoms with Gasteiger partial charge >= 0.3 is 0 Å². The molecule has 1 nitrogen and oxygen atoms in total. The van der Waals surface area contributed by atoms with Crippen molar-refractivity contribution < 1.29 is 4.39 Å². The third kappa shape index (κ3) is 3.25. The van der Waals surface area contributed by atoms with E-state index in [4.69, 9.17) is 0 Å². The van der Waals surface area contributed by atoms with Gasteiger partial charge in [-0.25, -0.2) is 4.39 Å². The Hall–Kier alpha value is -0.710. The first kappa shape index (κ1) is 14.7. The van der Waals surface area contributed by atoms with E-state index in [-0.39, 0.29) is 11.9 Å². The maximum absolute atomic E-state index is 13.5. The van der Waals surface area contributed by atoms with E-state index in [0.717, 1.165) is 25.6 Å². The number of rotatable bonds is 3. The van der Waals surface area contributed by atoms with Gasteiger partial charge in [0.15, 0.2) is 0 Å². The Balaban J connectivity index is 2.55. The molecule has 2 aromatic carbocycles. The Morgan fingerprint density at radius 1 is 1.05 bits per heavy atom. The molecule has 19 heavy (non-hydrogen) atoms. The van der Waals surface area contributed by atoms with Crippen LogP contribution in [0.4, 0.5) is 4.39 Å². The summed E-state index contributed by atoms with van der Waals surface area (Å²) in [6, 6.07) is 10.8. The van der Waals surface area contributed by atoms with Crippen molar-refractivity contribution in [2.45, 2.75) is 13.0 Å². The molecule has 1 unspecified atom stereocenters. The van der Waals surface area contributed by atoms with Crippen LogP contribution in [0.1, 0.15) is 22.7 Å². The molecule has 0 aliphatic carbocycles. The van der Waals surface area contributed by atoms with Crippen LogP contribution in [-0.2, 0) is 0 Å². The minimum Gasteiger partial charge on any atom is -0.309 e. The van der Waals surface area contributed by atoms with Crippen molar-refractivity contribution in [1.82, 2.24) is 5.32 Å². The number of hydrogen-bond donors (Lipinski definition) is 1. The molecule has 0 fully saturated rings. The van der Waals surface area contributed by atoms with Gasteiger partial charge in [-0.3, -0.25) is 0 Å². The van der Waals surface area contributed by atoms with Gasteiger partial charge in [-0.15, -0.1) is 0 Å². The molecular weight excluding hydrogens is 373 g/mol. The van der Waals surface area contributed by atoms with Crippen LogP contribution in [0.15, 0.2) is 45.3 Å². The summed E-state index contributed by atoms with van der Waals surface area (Å²) in [4.78, 5) is 0. The molecule has 1 N–H and O–H groups in total. The van der Waals surface area contributed by atoms with Crippen molar-refractivity contribution in [2.75, 3.05) is 7.05 Å². The molecule has 0 amide bonds. The third-order valence-corrected chi connectivity index (χ3v) is 4.33. The van der Waals surface area contributed by atoms with Crippen LogP contribution in [0.3, 0.4) is 0 Å². The standard InChI is InChI=1S/C15H14Br2FN/c1-9-3-5-11(18)8-12(9)15(19-2)13-7-10(16)4-6-14(13)17/h3-8,15,19H,1-2H3. The normalized spacial score (nSPS) is 12.5. The molecule has 0 aromatic heterocycles. The predicted molar refractivity (Wildman–Crippen MR) is 83.9 cm³/mol. The van der Waals surface area contributed by atoms with Gasteiger partial charge in [-0.2, -0.15) is 0 Å². The first-order valence-electron chi connectivity index (χ1n) is 5.91. The molecule has 2 aromatic rings. The molecule has 0 spiro atoms. The van der Waals surface area contributed by atoms with Crippen LogP contribution in [0, 0.1) is 12.7 Å². The van der Waals surface area contributed by atoms with E-state index in [9.17, 15) is 4.39 Å². The molecule has 2 rings (SSSR count). The highest BCUT2D eigenvalue weighted by molar-refractivity contribution is 9.11. The zero-order valence-corrected chi connectivity index (χ0v) is 13.8. The molecule has 0 bridgehead atoms. The number of benzene rings is 2. The summed E-state index contributed by atoms with van der Waals surface area (Å²) in [5.74, 6) is -0.216. The largest absolute Gasteiger partial charge is 0.309 e. The smallest absolute Gasteiger partial charge is 0.123 e. The minimum atomic E-state index is -0.216. The molecule has 0 saturated heterocycles. The Labute approximate surface area is 129 Å². The van der Waals surface area contributed by atoms with Gasteiger partial charge in [-0.05, 0) is 61.0 Å². The van der Waals surface area contributed by atoms with Gasteiger partial charge in [0.25, 0.3) is 0 Å². The number of nitrogens with one attached hydrogen (secondary N) is 1. The average Bonchev–Trinajstić information content (AvgIpc) is 2.38. The van der Waals surface area contributed by atoms with Gasteiger partial charge in [0.05, 0.1) is 6.04 Å². The Bertz CT molecular complexity index is 547. The maximum Gasteiger partial charge on any atom is 0.123 e. The van der Waals surface area contributed by atoms with Crippen LogP contribution in [0.2, 0.25) is 0 Å². The van der Waals surface area contributed by atoms with Gasteiger partial charge in [-0.1, -0.05) is 37.9 Å². The summed E-state index contributed by atoms with van der Waals surface area (Å²) in [6.45, 7) is 1.99. The summed E-state index contributed by atoms with van der Waals surface area (Å²) >= 11 is 7.03. The lowest BCUT2D eigenvalue weighted by molar-refractivity contribution is 0.614. The molecule has 0 aliphatic heterocycles. The summed E-state index contributed by atoms with van der Waals surface area (Å²) in [5, 5.41) is 3.25. The van der Waals surface area contributed by atoms with E-state index in [1.54, 1.807) is 12.1 Å². The van der Waals surface area contributed by atoms with Crippen LogP contribution in [0.25, 0.3) is 0 Å². The summed E-state index contributed by atoms with van der Waals surface area (Å²) in [5.41, 5.74) is 3.08. The lowest BCUT2D eigenvalue weighted by Gasteiger charge is -2.21. The fourth-order valence-corrected chi connectivity index (χ4v) is 2.99. The zero-order valence-electron chi connectivity index (χ0n) is 10.7. The molecule has 0 aliphatic rings.